The molecule has 0 aliphatic carbocycles. The van der Waals surface area contributed by atoms with E-state index in [0.29, 0.717) is 19.5 Å². The fraction of sp³-hybridized carbons (Fsp3) is 0.619. The van der Waals surface area contributed by atoms with E-state index in [9.17, 15) is 4.79 Å². The largest absolute Gasteiger partial charge is 0.496 e. The van der Waals surface area contributed by atoms with Gasteiger partial charge in [-0.15, -0.1) is 0 Å². The highest BCUT2D eigenvalue weighted by atomic mass is 16.5. The Bertz CT molecular complexity index is 615. The Morgan fingerprint density at radius 2 is 1.82 bits per heavy atom. The summed E-state index contributed by atoms with van der Waals surface area (Å²) in [6, 6.07) is 8.11. The number of amides is 1. The first-order chi connectivity index (χ1) is 13.5. The van der Waals surface area contributed by atoms with E-state index in [0.717, 1.165) is 36.9 Å². The molecule has 1 atom stereocenters. The number of carbonyl (C=O) groups is 1. The Balaban J connectivity index is 2.79. The van der Waals surface area contributed by atoms with E-state index >= 15 is 0 Å². The number of nitrogens with one attached hydrogen (secondary N) is 2. The fourth-order valence-corrected chi connectivity index (χ4v) is 3.02. The third-order valence-corrected chi connectivity index (χ3v) is 4.64. The highest BCUT2D eigenvalue weighted by molar-refractivity contribution is 5.81. The second-order valence-electron chi connectivity index (χ2n) is 6.68. The molecule has 0 saturated carbocycles. The van der Waals surface area contributed by atoms with Gasteiger partial charge < -0.3 is 25.2 Å². The van der Waals surface area contributed by atoms with E-state index in [1.807, 2.05) is 58.0 Å². The summed E-state index contributed by atoms with van der Waals surface area (Å²) in [6.45, 7) is 9.41. The van der Waals surface area contributed by atoms with E-state index in [1.54, 1.807) is 7.11 Å². The molecule has 0 fully saturated rings. The summed E-state index contributed by atoms with van der Waals surface area (Å²) in [5, 5.41) is 6.52. The topological polar surface area (TPSA) is 69.2 Å². The number of para-hydroxylation sites is 1. The van der Waals surface area contributed by atoms with Gasteiger partial charge >= 0.3 is 0 Å². The normalized spacial score (nSPS) is 12.6. The van der Waals surface area contributed by atoms with Gasteiger partial charge in [0.1, 0.15) is 5.75 Å². The molecule has 0 spiro atoms. The van der Waals surface area contributed by atoms with Crippen molar-refractivity contribution in [3.05, 3.63) is 29.8 Å². The molecular weight excluding hydrogens is 354 g/mol. The number of benzene rings is 1. The number of methoxy groups -OCH3 is 1. The minimum absolute atomic E-state index is 0.0870. The molecule has 0 aliphatic rings. The lowest BCUT2D eigenvalue weighted by atomic mass is 10.0. The summed E-state index contributed by atoms with van der Waals surface area (Å²) in [4.78, 5) is 20.9. The molecule has 158 valence electrons. The van der Waals surface area contributed by atoms with Crippen LogP contribution in [0.25, 0.3) is 0 Å². The van der Waals surface area contributed by atoms with Crippen LogP contribution in [0, 0.1) is 0 Å². The number of ether oxygens (including phenoxy) is 1. The smallest absolute Gasteiger partial charge is 0.224 e. The van der Waals surface area contributed by atoms with Crippen LogP contribution in [0.15, 0.2) is 29.3 Å². The number of guanidine groups is 1. The van der Waals surface area contributed by atoms with Crippen molar-refractivity contribution in [2.24, 2.45) is 4.99 Å². The Morgan fingerprint density at radius 1 is 1.14 bits per heavy atom. The first kappa shape index (κ1) is 23.8. The third kappa shape index (κ3) is 7.38. The Morgan fingerprint density at radius 3 is 2.39 bits per heavy atom. The molecule has 1 aromatic carbocycles. The summed E-state index contributed by atoms with van der Waals surface area (Å²) in [5.74, 6) is 1.74. The summed E-state index contributed by atoms with van der Waals surface area (Å²) in [7, 11) is 5.76. The molecule has 7 heteroatoms. The summed E-state index contributed by atoms with van der Waals surface area (Å²) >= 11 is 0. The van der Waals surface area contributed by atoms with Crippen LogP contribution in [0.5, 0.6) is 5.75 Å². The van der Waals surface area contributed by atoms with Crippen LogP contribution in [0.3, 0.4) is 0 Å². The van der Waals surface area contributed by atoms with E-state index < -0.39 is 0 Å². The molecule has 0 saturated heterocycles. The van der Waals surface area contributed by atoms with Crippen molar-refractivity contribution in [2.75, 3.05) is 53.9 Å². The van der Waals surface area contributed by atoms with Crippen LogP contribution in [-0.2, 0) is 4.79 Å². The quantitative estimate of drug-likeness (QED) is 0.447. The highest BCUT2D eigenvalue weighted by Crippen LogP contribution is 2.28. The predicted octanol–water partition coefficient (Wildman–Crippen LogP) is 2.11. The van der Waals surface area contributed by atoms with Gasteiger partial charge in [-0.2, -0.15) is 0 Å². The predicted molar refractivity (Wildman–Crippen MR) is 116 cm³/mol. The van der Waals surface area contributed by atoms with E-state index in [4.69, 9.17) is 9.73 Å². The van der Waals surface area contributed by atoms with Gasteiger partial charge in [0.2, 0.25) is 5.91 Å². The van der Waals surface area contributed by atoms with Crippen LogP contribution in [0.2, 0.25) is 0 Å². The van der Waals surface area contributed by atoms with E-state index in [-0.39, 0.29) is 11.9 Å². The van der Waals surface area contributed by atoms with Crippen molar-refractivity contribution in [3.8, 4) is 5.75 Å². The molecule has 1 aromatic rings. The van der Waals surface area contributed by atoms with Crippen molar-refractivity contribution in [1.82, 2.24) is 20.4 Å². The van der Waals surface area contributed by atoms with E-state index in [2.05, 4.69) is 21.6 Å². The molecule has 1 rings (SSSR count). The minimum Gasteiger partial charge on any atom is -0.496 e. The highest BCUT2D eigenvalue weighted by Gasteiger charge is 2.18. The van der Waals surface area contributed by atoms with Gasteiger partial charge in [0.25, 0.3) is 0 Å². The van der Waals surface area contributed by atoms with Crippen molar-refractivity contribution >= 4 is 11.9 Å². The molecule has 7 nitrogen and oxygen atoms in total. The fourth-order valence-electron chi connectivity index (χ4n) is 3.02. The average Bonchev–Trinajstić information content (AvgIpc) is 2.69. The lowest BCUT2D eigenvalue weighted by Crippen LogP contribution is -2.40. The van der Waals surface area contributed by atoms with Gasteiger partial charge in [0.05, 0.1) is 19.7 Å². The monoisotopic (exact) mass is 391 g/mol. The minimum atomic E-state index is 0.0870. The summed E-state index contributed by atoms with van der Waals surface area (Å²) in [6.07, 6.45) is 0.454. The average molecular weight is 392 g/mol. The number of nitrogens with zero attached hydrogens (tertiary/aromatic N) is 3. The number of hydrogen-bond acceptors (Lipinski definition) is 4. The number of aliphatic imine (C=N–C) groups is 1. The Labute approximate surface area is 170 Å². The van der Waals surface area contributed by atoms with Gasteiger partial charge in [0, 0.05) is 38.2 Å². The van der Waals surface area contributed by atoms with Gasteiger partial charge in [-0.3, -0.25) is 9.79 Å². The van der Waals surface area contributed by atoms with Crippen LogP contribution >= 0.6 is 0 Å². The number of rotatable bonds is 11. The number of likely N-dealkylation sites (N-methyl/N-ethyl adjacent to an activating group) is 1. The second-order valence-corrected chi connectivity index (χ2v) is 6.68. The zero-order valence-corrected chi connectivity index (χ0v) is 18.3. The summed E-state index contributed by atoms with van der Waals surface area (Å²) < 4.78 is 5.52. The van der Waals surface area contributed by atoms with Crippen molar-refractivity contribution in [1.29, 1.82) is 0 Å². The first-order valence-corrected chi connectivity index (χ1v) is 10.1. The second kappa shape index (κ2) is 13.0. The molecular formula is C21H37N5O2. The van der Waals surface area contributed by atoms with Gasteiger partial charge in [0.15, 0.2) is 5.96 Å². The molecule has 2 N–H and O–H groups in total. The lowest BCUT2D eigenvalue weighted by molar-refractivity contribution is -0.130. The first-order valence-electron chi connectivity index (χ1n) is 10.1. The maximum absolute atomic E-state index is 12.2. The van der Waals surface area contributed by atoms with Gasteiger partial charge in [-0.05, 0) is 40.9 Å². The van der Waals surface area contributed by atoms with Crippen LogP contribution in [-0.4, -0.2) is 75.6 Å². The maximum Gasteiger partial charge on any atom is 0.224 e. The van der Waals surface area contributed by atoms with Crippen LogP contribution in [0.1, 0.15) is 38.8 Å². The molecule has 0 radical (unpaired) electrons. The van der Waals surface area contributed by atoms with E-state index in [1.165, 1.54) is 0 Å². The van der Waals surface area contributed by atoms with Crippen LogP contribution in [0.4, 0.5) is 0 Å². The standard InChI is InChI=1S/C21H37N5O2/c1-7-22-21(23-15-14-20(27)26(8-2)9-3)24-16-18(25(4)5)17-12-10-11-13-19(17)28-6/h10-13,18H,7-9,14-16H2,1-6H3,(H2,22,23,24). The summed E-state index contributed by atoms with van der Waals surface area (Å²) in [5.41, 5.74) is 1.10. The molecule has 0 aliphatic heterocycles. The molecule has 0 bridgehead atoms. The van der Waals surface area contributed by atoms with Gasteiger partial charge in [-0.25, -0.2) is 0 Å². The Hall–Kier alpha value is -2.28. The third-order valence-electron chi connectivity index (χ3n) is 4.64. The zero-order chi connectivity index (χ0) is 20.9. The SMILES string of the molecule is CCNC(=NCC(c1ccccc1OC)N(C)C)NCCC(=O)N(CC)CC. The number of carbonyl (C=O) groups excluding carboxylic acids is 1. The lowest BCUT2D eigenvalue weighted by Gasteiger charge is -2.25. The Kier molecular flexibility index (Phi) is 11.0. The molecule has 1 amide bonds. The number of hydrogen-bond donors (Lipinski definition) is 2. The maximum atomic E-state index is 12.2. The van der Waals surface area contributed by atoms with Gasteiger partial charge in [-0.1, -0.05) is 18.2 Å². The van der Waals surface area contributed by atoms with Crippen molar-refractivity contribution in [3.63, 3.8) is 0 Å². The molecule has 0 heterocycles. The molecule has 1 unspecified atom stereocenters. The molecule has 0 aromatic heterocycles. The van der Waals surface area contributed by atoms with Crippen LogP contribution < -0.4 is 15.4 Å². The zero-order valence-electron chi connectivity index (χ0n) is 18.3. The molecule has 28 heavy (non-hydrogen) atoms. The van der Waals surface area contributed by atoms with Crippen molar-refractivity contribution < 1.29 is 9.53 Å². The van der Waals surface area contributed by atoms with Crippen molar-refractivity contribution in [2.45, 2.75) is 33.2 Å².